The number of rotatable bonds is 5. The minimum Gasteiger partial charge on any atom is -0.393 e. The molecule has 6 nitrogen and oxygen atoms in total. The summed E-state index contributed by atoms with van der Waals surface area (Å²) in [5.41, 5.74) is 1.71. The molecule has 0 amide bonds. The van der Waals surface area contributed by atoms with Gasteiger partial charge < -0.3 is 15.3 Å². The van der Waals surface area contributed by atoms with Crippen LogP contribution in [-0.4, -0.2) is 39.5 Å². The van der Waals surface area contributed by atoms with Crippen LogP contribution in [-0.2, 0) is 0 Å². The molecular formula is C22H24F3N5O. The molecule has 0 aliphatic carbocycles. The van der Waals surface area contributed by atoms with Gasteiger partial charge in [-0.1, -0.05) is 18.2 Å². The third-order valence-corrected chi connectivity index (χ3v) is 5.71. The van der Waals surface area contributed by atoms with E-state index in [1.54, 1.807) is 20.0 Å². The minimum atomic E-state index is -2.89. The highest BCUT2D eigenvalue weighted by Crippen LogP contribution is 2.32. The van der Waals surface area contributed by atoms with Crippen LogP contribution in [0.25, 0.3) is 10.9 Å². The Morgan fingerprint density at radius 3 is 2.58 bits per heavy atom. The van der Waals surface area contributed by atoms with Crippen LogP contribution in [0.3, 0.4) is 0 Å². The van der Waals surface area contributed by atoms with E-state index in [4.69, 9.17) is 0 Å². The van der Waals surface area contributed by atoms with Crippen molar-refractivity contribution < 1.29 is 18.3 Å². The predicted molar refractivity (Wildman–Crippen MR) is 113 cm³/mol. The van der Waals surface area contributed by atoms with Gasteiger partial charge in [-0.3, -0.25) is 4.98 Å². The highest BCUT2D eigenvalue weighted by atomic mass is 19.3. The normalized spacial score (nSPS) is 16.2. The van der Waals surface area contributed by atoms with Crippen molar-refractivity contribution in [2.75, 3.05) is 23.3 Å². The van der Waals surface area contributed by atoms with Crippen LogP contribution in [0, 0.1) is 12.7 Å². The standard InChI is InChI=1S/C22H24F3N5O/c1-12(16-4-3-5-17(19(16)23)21(24)25)27-22-18-10-14(30-8-6-15(31)7-9-30)11-26-20(18)13(2)28-29-22/h3-5,10-12,15,21,31H,6-9H2,1-2H3,(H,27,29). The highest BCUT2D eigenvalue weighted by molar-refractivity contribution is 5.92. The van der Waals surface area contributed by atoms with Crippen molar-refractivity contribution in [3.8, 4) is 0 Å². The first-order valence-corrected chi connectivity index (χ1v) is 10.2. The molecule has 1 aromatic carbocycles. The summed E-state index contributed by atoms with van der Waals surface area (Å²) in [4.78, 5) is 6.70. The second-order valence-electron chi connectivity index (χ2n) is 7.86. The molecule has 9 heteroatoms. The zero-order valence-corrected chi connectivity index (χ0v) is 17.3. The fourth-order valence-corrected chi connectivity index (χ4v) is 3.91. The van der Waals surface area contributed by atoms with Crippen LogP contribution in [0.2, 0.25) is 0 Å². The van der Waals surface area contributed by atoms with Gasteiger partial charge >= 0.3 is 0 Å². The van der Waals surface area contributed by atoms with Crippen molar-refractivity contribution in [2.24, 2.45) is 0 Å². The molecule has 1 unspecified atom stereocenters. The molecule has 4 rings (SSSR count). The number of fused-ring (bicyclic) bond motifs is 1. The number of piperidine rings is 1. The lowest BCUT2D eigenvalue weighted by Gasteiger charge is -2.31. The lowest BCUT2D eigenvalue weighted by Crippen LogP contribution is -2.35. The lowest BCUT2D eigenvalue weighted by atomic mass is 10.0. The van der Waals surface area contributed by atoms with Gasteiger partial charge in [0.2, 0.25) is 0 Å². The summed E-state index contributed by atoms with van der Waals surface area (Å²) in [6, 6.07) is 5.31. The molecule has 2 aromatic heterocycles. The molecule has 1 aliphatic rings. The Morgan fingerprint density at radius 2 is 1.87 bits per heavy atom. The number of nitrogens with zero attached hydrogens (tertiary/aromatic N) is 4. The van der Waals surface area contributed by atoms with E-state index >= 15 is 0 Å². The number of nitrogens with one attached hydrogen (secondary N) is 1. The van der Waals surface area contributed by atoms with Crippen molar-refractivity contribution in [3.63, 3.8) is 0 Å². The number of pyridine rings is 1. The van der Waals surface area contributed by atoms with Gasteiger partial charge in [-0.25, -0.2) is 13.2 Å². The summed E-state index contributed by atoms with van der Waals surface area (Å²) >= 11 is 0. The SMILES string of the molecule is Cc1nnc(NC(C)c2cccc(C(F)F)c2F)c2cc(N3CCC(O)CC3)cnc12. The zero-order valence-electron chi connectivity index (χ0n) is 17.3. The molecule has 3 heterocycles. The van der Waals surface area contributed by atoms with Crippen LogP contribution < -0.4 is 10.2 Å². The molecule has 164 valence electrons. The summed E-state index contributed by atoms with van der Waals surface area (Å²) in [7, 11) is 0. The highest BCUT2D eigenvalue weighted by Gasteiger charge is 2.22. The fraction of sp³-hybridized carbons (Fsp3) is 0.409. The van der Waals surface area contributed by atoms with Crippen LogP contribution in [0.1, 0.15) is 49.1 Å². The molecule has 2 N–H and O–H groups in total. The van der Waals surface area contributed by atoms with Gasteiger partial charge in [0.15, 0.2) is 5.82 Å². The maximum absolute atomic E-state index is 14.6. The summed E-state index contributed by atoms with van der Waals surface area (Å²) < 4.78 is 40.8. The minimum absolute atomic E-state index is 0.127. The average Bonchev–Trinajstić information content (AvgIpc) is 2.76. The van der Waals surface area contributed by atoms with E-state index in [2.05, 4.69) is 25.4 Å². The van der Waals surface area contributed by atoms with Gasteiger partial charge in [0.25, 0.3) is 6.43 Å². The first kappa shape index (κ1) is 21.3. The molecule has 0 saturated carbocycles. The van der Waals surface area contributed by atoms with Crippen molar-refractivity contribution in [1.82, 2.24) is 15.2 Å². The smallest absolute Gasteiger partial charge is 0.266 e. The second kappa shape index (κ2) is 8.66. The maximum Gasteiger partial charge on any atom is 0.266 e. The van der Waals surface area contributed by atoms with E-state index in [1.807, 2.05) is 6.07 Å². The number of alkyl halides is 2. The molecule has 1 aliphatic heterocycles. The molecule has 0 radical (unpaired) electrons. The van der Waals surface area contributed by atoms with Crippen molar-refractivity contribution in [1.29, 1.82) is 0 Å². The number of aryl methyl sites for hydroxylation is 1. The number of aromatic nitrogens is 3. The summed E-state index contributed by atoms with van der Waals surface area (Å²) in [5, 5.41) is 22.0. The Hall–Kier alpha value is -2.94. The first-order chi connectivity index (χ1) is 14.8. The Balaban J connectivity index is 1.68. The van der Waals surface area contributed by atoms with Crippen LogP contribution in [0.15, 0.2) is 30.5 Å². The van der Waals surface area contributed by atoms with Gasteiger partial charge in [-0.2, -0.15) is 5.10 Å². The molecule has 0 spiro atoms. The average molecular weight is 431 g/mol. The molecule has 1 fully saturated rings. The van der Waals surface area contributed by atoms with Crippen LogP contribution in [0.4, 0.5) is 24.7 Å². The first-order valence-electron chi connectivity index (χ1n) is 10.2. The third-order valence-electron chi connectivity index (χ3n) is 5.71. The van der Waals surface area contributed by atoms with E-state index in [0.29, 0.717) is 35.3 Å². The largest absolute Gasteiger partial charge is 0.393 e. The predicted octanol–water partition coefficient (Wildman–Crippen LogP) is 4.54. The van der Waals surface area contributed by atoms with E-state index in [-0.39, 0.29) is 11.7 Å². The third kappa shape index (κ3) is 4.27. The van der Waals surface area contributed by atoms with Crippen LogP contribution in [0.5, 0.6) is 0 Å². The fourth-order valence-electron chi connectivity index (χ4n) is 3.91. The van der Waals surface area contributed by atoms with Gasteiger partial charge in [-0.15, -0.1) is 5.10 Å². The number of hydrogen-bond acceptors (Lipinski definition) is 6. The molecular weight excluding hydrogens is 407 g/mol. The molecule has 1 saturated heterocycles. The zero-order chi connectivity index (χ0) is 22.1. The molecule has 1 atom stereocenters. The van der Waals surface area contributed by atoms with Crippen molar-refractivity contribution in [3.05, 3.63) is 53.1 Å². The Kier molecular flexibility index (Phi) is 5.95. The summed E-state index contributed by atoms with van der Waals surface area (Å²) in [6.45, 7) is 4.93. The summed E-state index contributed by atoms with van der Waals surface area (Å²) in [5.74, 6) is -0.520. The Morgan fingerprint density at radius 1 is 1.16 bits per heavy atom. The monoisotopic (exact) mass is 431 g/mol. The van der Waals surface area contributed by atoms with E-state index < -0.39 is 23.8 Å². The molecule has 31 heavy (non-hydrogen) atoms. The van der Waals surface area contributed by atoms with Gasteiger partial charge in [0, 0.05) is 24.0 Å². The van der Waals surface area contributed by atoms with Gasteiger partial charge in [0.1, 0.15) is 5.82 Å². The maximum atomic E-state index is 14.6. The van der Waals surface area contributed by atoms with Gasteiger partial charge in [0.05, 0.1) is 40.8 Å². The Bertz CT molecular complexity index is 1090. The Labute approximate surface area is 178 Å². The van der Waals surface area contributed by atoms with Gasteiger partial charge in [-0.05, 0) is 32.8 Å². The number of aliphatic hydroxyl groups is 1. The quantitative estimate of drug-likeness (QED) is 0.618. The molecule has 0 bridgehead atoms. The van der Waals surface area contributed by atoms with Crippen molar-refractivity contribution in [2.45, 2.75) is 45.3 Å². The number of aliphatic hydroxyl groups excluding tert-OH is 1. The van der Waals surface area contributed by atoms with E-state index in [9.17, 15) is 18.3 Å². The number of anilines is 2. The van der Waals surface area contributed by atoms with Crippen LogP contribution >= 0.6 is 0 Å². The number of halogens is 3. The van der Waals surface area contributed by atoms with Crippen molar-refractivity contribution >= 4 is 22.4 Å². The summed E-state index contributed by atoms with van der Waals surface area (Å²) in [6.07, 6.45) is -0.0221. The van der Waals surface area contributed by atoms with E-state index in [1.165, 1.54) is 12.1 Å². The topological polar surface area (TPSA) is 74.2 Å². The van der Waals surface area contributed by atoms with E-state index in [0.717, 1.165) is 24.8 Å². The molecule has 3 aromatic rings. The number of benzene rings is 1. The second-order valence-corrected chi connectivity index (χ2v) is 7.86. The number of hydrogen-bond donors (Lipinski definition) is 2. The lowest BCUT2D eigenvalue weighted by molar-refractivity contribution is 0.145.